The van der Waals surface area contributed by atoms with E-state index in [4.69, 9.17) is 5.26 Å². The Morgan fingerprint density at radius 2 is 2.08 bits per heavy atom. The van der Waals surface area contributed by atoms with Gasteiger partial charge in [0.2, 0.25) is 11.7 Å². The number of H-pyrrole nitrogens is 1. The molecule has 0 unspecified atom stereocenters. The molecule has 0 spiro atoms. The van der Waals surface area contributed by atoms with Gasteiger partial charge in [0, 0.05) is 50.7 Å². The van der Waals surface area contributed by atoms with Crippen molar-refractivity contribution in [2.75, 3.05) is 36.4 Å². The molecule has 0 atom stereocenters. The second-order valence-electron chi connectivity index (χ2n) is 5.94. The minimum atomic E-state index is 0.132. The highest BCUT2D eigenvalue weighted by atomic mass is 16.2. The maximum atomic E-state index is 11.5. The third kappa shape index (κ3) is 4.16. The SMILES string of the molecule is CC(=O)N1CCCN(c2ccc(NC=C(C#N)c3nn[nH]n3)cc2)CC1. The first-order valence-corrected chi connectivity index (χ1v) is 8.38. The van der Waals surface area contributed by atoms with Crippen molar-refractivity contribution in [3.63, 3.8) is 0 Å². The number of nitrogens with zero attached hydrogens (tertiary/aromatic N) is 6. The van der Waals surface area contributed by atoms with Gasteiger partial charge in [0.25, 0.3) is 0 Å². The first kappa shape index (κ1) is 17.4. The van der Waals surface area contributed by atoms with E-state index in [1.54, 1.807) is 13.1 Å². The number of carbonyl (C=O) groups is 1. The van der Waals surface area contributed by atoms with Crippen LogP contribution in [-0.4, -0.2) is 57.6 Å². The number of hydrogen-bond acceptors (Lipinski definition) is 7. The van der Waals surface area contributed by atoms with Crippen molar-refractivity contribution in [3.8, 4) is 6.07 Å². The molecule has 0 radical (unpaired) electrons. The Morgan fingerprint density at radius 3 is 2.73 bits per heavy atom. The zero-order valence-corrected chi connectivity index (χ0v) is 14.5. The standard InChI is InChI=1S/C17H20N8O/c1-13(26)24-7-2-8-25(10-9-24)16-5-3-15(4-6-16)19-12-14(11-18)17-20-22-23-21-17/h3-6,12,19H,2,7-10H2,1H3,(H,20,21,22,23). The molecule has 26 heavy (non-hydrogen) atoms. The van der Waals surface area contributed by atoms with Crippen molar-refractivity contribution in [2.24, 2.45) is 0 Å². The van der Waals surface area contributed by atoms with E-state index in [-0.39, 0.29) is 11.7 Å². The number of benzene rings is 1. The monoisotopic (exact) mass is 352 g/mol. The molecule has 2 N–H and O–H groups in total. The number of anilines is 2. The van der Waals surface area contributed by atoms with Gasteiger partial charge in [-0.2, -0.15) is 10.5 Å². The molecule has 1 fully saturated rings. The summed E-state index contributed by atoms with van der Waals surface area (Å²) in [4.78, 5) is 15.7. The lowest BCUT2D eigenvalue weighted by Crippen LogP contribution is -2.33. The molecule has 1 aliphatic heterocycles. The number of hydrogen-bond donors (Lipinski definition) is 2. The van der Waals surface area contributed by atoms with Gasteiger partial charge in [-0.3, -0.25) is 4.79 Å². The smallest absolute Gasteiger partial charge is 0.219 e. The van der Waals surface area contributed by atoms with Crippen LogP contribution < -0.4 is 10.2 Å². The normalized spacial score (nSPS) is 15.3. The Kier molecular flexibility index (Phi) is 5.43. The molecule has 0 aliphatic carbocycles. The molecule has 1 aromatic heterocycles. The molecule has 1 aliphatic rings. The largest absolute Gasteiger partial charge is 0.370 e. The van der Waals surface area contributed by atoms with Crippen LogP contribution in [0.25, 0.3) is 5.57 Å². The van der Waals surface area contributed by atoms with E-state index in [2.05, 4.69) is 30.8 Å². The Bertz CT molecular complexity index is 806. The van der Waals surface area contributed by atoms with Crippen LogP contribution in [0.1, 0.15) is 19.2 Å². The number of nitrogens with one attached hydrogen (secondary N) is 2. The zero-order valence-electron chi connectivity index (χ0n) is 14.5. The van der Waals surface area contributed by atoms with Gasteiger partial charge in [0.15, 0.2) is 0 Å². The first-order valence-electron chi connectivity index (χ1n) is 8.38. The number of nitriles is 1. The summed E-state index contributed by atoms with van der Waals surface area (Å²) in [7, 11) is 0. The fourth-order valence-electron chi connectivity index (χ4n) is 2.84. The highest BCUT2D eigenvalue weighted by molar-refractivity contribution is 5.74. The number of aromatic nitrogens is 4. The van der Waals surface area contributed by atoms with E-state index >= 15 is 0 Å². The van der Waals surface area contributed by atoms with Crippen LogP contribution >= 0.6 is 0 Å². The minimum absolute atomic E-state index is 0.132. The van der Waals surface area contributed by atoms with Gasteiger partial charge < -0.3 is 15.1 Å². The lowest BCUT2D eigenvalue weighted by atomic mass is 10.2. The Balaban J connectivity index is 1.63. The average Bonchev–Trinajstić information content (AvgIpc) is 3.06. The quantitative estimate of drug-likeness (QED) is 0.796. The predicted molar refractivity (Wildman–Crippen MR) is 96.9 cm³/mol. The predicted octanol–water partition coefficient (Wildman–Crippen LogP) is 1.23. The third-order valence-electron chi connectivity index (χ3n) is 4.26. The first-order chi connectivity index (χ1) is 12.7. The highest BCUT2D eigenvalue weighted by Crippen LogP contribution is 2.20. The third-order valence-corrected chi connectivity index (χ3v) is 4.26. The Hall–Kier alpha value is -3.41. The van der Waals surface area contributed by atoms with Crippen LogP contribution in [0, 0.1) is 11.3 Å². The van der Waals surface area contributed by atoms with Crippen LogP contribution in [0.15, 0.2) is 30.5 Å². The second kappa shape index (κ2) is 8.11. The molecular weight excluding hydrogens is 332 g/mol. The summed E-state index contributed by atoms with van der Waals surface area (Å²) < 4.78 is 0. The van der Waals surface area contributed by atoms with Gasteiger partial charge in [-0.25, -0.2) is 0 Å². The van der Waals surface area contributed by atoms with Gasteiger partial charge in [-0.05, 0) is 35.9 Å². The molecule has 1 amide bonds. The Morgan fingerprint density at radius 1 is 1.27 bits per heavy atom. The van der Waals surface area contributed by atoms with Crippen molar-refractivity contribution in [1.29, 1.82) is 5.26 Å². The van der Waals surface area contributed by atoms with Crippen molar-refractivity contribution in [2.45, 2.75) is 13.3 Å². The molecule has 9 heteroatoms. The molecule has 0 bridgehead atoms. The molecule has 2 heterocycles. The molecule has 1 aromatic carbocycles. The average molecular weight is 352 g/mol. The van der Waals surface area contributed by atoms with Crippen molar-refractivity contribution in [3.05, 3.63) is 36.3 Å². The fraction of sp³-hybridized carbons (Fsp3) is 0.353. The molecule has 9 nitrogen and oxygen atoms in total. The van der Waals surface area contributed by atoms with Crippen LogP contribution in [0.2, 0.25) is 0 Å². The molecule has 2 aromatic rings. The maximum Gasteiger partial charge on any atom is 0.219 e. The van der Waals surface area contributed by atoms with Gasteiger partial charge in [-0.15, -0.1) is 10.2 Å². The summed E-state index contributed by atoms with van der Waals surface area (Å²) >= 11 is 0. The molecular formula is C17H20N8O. The summed E-state index contributed by atoms with van der Waals surface area (Å²) in [6.07, 6.45) is 2.51. The maximum absolute atomic E-state index is 11.5. The number of carbonyl (C=O) groups excluding carboxylic acids is 1. The Labute approximate surface area is 151 Å². The number of amides is 1. The van der Waals surface area contributed by atoms with Crippen molar-refractivity contribution in [1.82, 2.24) is 25.5 Å². The summed E-state index contributed by atoms with van der Waals surface area (Å²) in [5.41, 5.74) is 2.26. The number of rotatable bonds is 4. The van der Waals surface area contributed by atoms with Crippen molar-refractivity contribution >= 4 is 22.9 Å². The van der Waals surface area contributed by atoms with E-state index in [0.29, 0.717) is 5.57 Å². The van der Waals surface area contributed by atoms with Gasteiger partial charge in [-0.1, -0.05) is 0 Å². The fourth-order valence-corrected chi connectivity index (χ4v) is 2.84. The van der Waals surface area contributed by atoms with Crippen LogP contribution in [0.5, 0.6) is 0 Å². The van der Waals surface area contributed by atoms with E-state index in [1.165, 1.54) is 0 Å². The van der Waals surface area contributed by atoms with E-state index < -0.39 is 0 Å². The lowest BCUT2D eigenvalue weighted by molar-refractivity contribution is -0.128. The zero-order chi connectivity index (χ0) is 18.4. The number of tetrazole rings is 1. The highest BCUT2D eigenvalue weighted by Gasteiger charge is 2.16. The van der Waals surface area contributed by atoms with Gasteiger partial charge in [0.1, 0.15) is 11.6 Å². The number of allylic oxidation sites excluding steroid dienone is 1. The lowest BCUT2D eigenvalue weighted by Gasteiger charge is -2.23. The van der Waals surface area contributed by atoms with E-state index in [1.807, 2.05) is 35.2 Å². The van der Waals surface area contributed by atoms with Gasteiger partial charge in [0.05, 0.1) is 0 Å². The summed E-state index contributed by atoms with van der Waals surface area (Å²) in [5.74, 6) is 0.379. The van der Waals surface area contributed by atoms with Crippen LogP contribution in [0.3, 0.4) is 0 Å². The summed E-state index contributed by atoms with van der Waals surface area (Å²) in [6, 6.07) is 9.98. The summed E-state index contributed by atoms with van der Waals surface area (Å²) in [5, 5.41) is 25.6. The molecule has 1 saturated heterocycles. The second-order valence-corrected chi connectivity index (χ2v) is 5.94. The van der Waals surface area contributed by atoms with Gasteiger partial charge >= 0.3 is 0 Å². The molecule has 134 valence electrons. The number of aromatic amines is 1. The van der Waals surface area contributed by atoms with E-state index in [9.17, 15) is 4.79 Å². The van der Waals surface area contributed by atoms with Crippen LogP contribution in [0.4, 0.5) is 11.4 Å². The van der Waals surface area contributed by atoms with Crippen LogP contribution in [-0.2, 0) is 4.79 Å². The summed E-state index contributed by atoms with van der Waals surface area (Å²) in [6.45, 7) is 4.92. The minimum Gasteiger partial charge on any atom is -0.370 e. The van der Waals surface area contributed by atoms with Crippen molar-refractivity contribution < 1.29 is 4.79 Å². The molecule has 0 saturated carbocycles. The molecule has 3 rings (SSSR count). The van der Waals surface area contributed by atoms with E-state index in [0.717, 1.165) is 44.0 Å². The topological polar surface area (TPSA) is 114 Å².